The molecule has 170 valence electrons. The Hall–Kier alpha value is -3.08. The molecule has 10 heteroatoms. The van der Waals surface area contributed by atoms with Crippen molar-refractivity contribution < 1.29 is 13.2 Å². The molecule has 0 bridgehead atoms. The Morgan fingerprint density at radius 3 is 2.70 bits per heavy atom. The van der Waals surface area contributed by atoms with Gasteiger partial charge in [0.05, 0.1) is 4.90 Å². The van der Waals surface area contributed by atoms with E-state index in [1.165, 1.54) is 15.6 Å². The van der Waals surface area contributed by atoms with E-state index in [0.717, 1.165) is 42.3 Å². The molecule has 33 heavy (non-hydrogen) atoms. The maximum atomic E-state index is 14.0. The number of hydrogen-bond acceptors (Lipinski definition) is 8. The molecule has 3 aromatic heterocycles. The molecule has 1 aliphatic heterocycles. The van der Waals surface area contributed by atoms with Gasteiger partial charge in [0.15, 0.2) is 0 Å². The lowest BCUT2D eigenvalue weighted by Crippen LogP contribution is -2.35. The smallest absolute Gasteiger partial charge is 0.270 e. The van der Waals surface area contributed by atoms with Crippen molar-refractivity contribution in [2.45, 2.75) is 30.8 Å². The average Bonchev–Trinajstić information content (AvgIpc) is 3.35. The minimum atomic E-state index is -4.02. The number of aryl methyl sites for hydroxylation is 1. The average molecular weight is 482 g/mol. The van der Waals surface area contributed by atoms with E-state index < -0.39 is 10.0 Å². The normalized spacial score (nSPS) is 14.9. The van der Waals surface area contributed by atoms with Crippen molar-refractivity contribution in [1.29, 1.82) is 0 Å². The molecule has 1 aromatic carbocycles. The molecule has 0 radical (unpaired) electrons. The van der Waals surface area contributed by atoms with E-state index in [0.29, 0.717) is 10.8 Å². The van der Waals surface area contributed by atoms with E-state index >= 15 is 0 Å². The van der Waals surface area contributed by atoms with Crippen LogP contribution in [0, 0.1) is 6.92 Å². The van der Waals surface area contributed by atoms with E-state index in [1.807, 2.05) is 6.92 Å². The van der Waals surface area contributed by atoms with Gasteiger partial charge in [-0.25, -0.2) is 22.7 Å². The molecule has 0 atom stereocenters. The van der Waals surface area contributed by atoms with Crippen molar-refractivity contribution >= 4 is 43.0 Å². The van der Waals surface area contributed by atoms with Gasteiger partial charge in [-0.1, -0.05) is 6.07 Å². The number of sulfonamides is 1. The number of nitrogens with zero attached hydrogens (tertiary/aromatic N) is 4. The first-order chi connectivity index (χ1) is 16.0. The highest BCUT2D eigenvalue weighted by atomic mass is 32.2. The molecule has 5 rings (SSSR count). The standard InChI is InChI=1S/C23H23N5O3S2/c1-16-12-21(22(27-14-16)31-19-5-8-24-9-6-19)28(23-26-10-11-32-23)33(29,30)20-3-2-18-15-25-7-4-17(18)13-20/h2-4,7,10-15,19,24H,5-6,8-9H2,1H3. The third-order valence-electron chi connectivity index (χ3n) is 5.50. The topological polar surface area (TPSA) is 97.3 Å². The molecule has 0 saturated carbocycles. The maximum absolute atomic E-state index is 14.0. The molecule has 1 N–H and O–H groups in total. The zero-order valence-corrected chi connectivity index (χ0v) is 19.6. The zero-order valence-electron chi connectivity index (χ0n) is 18.0. The van der Waals surface area contributed by atoms with Crippen LogP contribution >= 0.6 is 11.3 Å². The number of piperidine rings is 1. The first-order valence-corrected chi connectivity index (χ1v) is 13.0. The number of anilines is 2. The quantitative estimate of drug-likeness (QED) is 0.444. The van der Waals surface area contributed by atoms with Crippen LogP contribution in [0.1, 0.15) is 18.4 Å². The zero-order chi connectivity index (χ0) is 22.8. The molecule has 1 saturated heterocycles. The molecule has 0 aliphatic carbocycles. The third kappa shape index (κ3) is 4.41. The van der Waals surface area contributed by atoms with Gasteiger partial charge in [0.25, 0.3) is 10.0 Å². The molecule has 8 nitrogen and oxygen atoms in total. The number of thiazole rings is 1. The number of hydrogen-bond donors (Lipinski definition) is 1. The van der Waals surface area contributed by atoms with Crippen molar-refractivity contribution in [2.75, 3.05) is 17.4 Å². The van der Waals surface area contributed by atoms with Gasteiger partial charge in [-0.05, 0) is 68.1 Å². The summed E-state index contributed by atoms with van der Waals surface area (Å²) in [5.74, 6) is 0.288. The summed E-state index contributed by atoms with van der Waals surface area (Å²) in [7, 11) is -4.02. The summed E-state index contributed by atoms with van der Waals surface area (Å²) in [6.45, 7) is 3.58. The van der Waals surface area contributed by atoms with E-state index in [-0.39, 0.29) is 16.9 Å². The Morgan fingerprint density at radius 1 is 1.06 bits per heavy atom. The van der Waals surface area contributed by atoms with Gasteiger partial charge in [-0.15, -0.1) is 11.3 Å². The fraction of sp³-hybridized carbons (Fsp3) is 0.261. The van der Waals surface area contributed by atoms with Gasteiger partial charge in [-0.2, -0.15) is 0 Å². The van der Waals surface area contributed by atoms with Crippen LogP contribution in [0.5, 0.6) is 5.88 Å². The Bertz CT molecular complexity index is 1370. The number of fused-ring (bicyclic) bond motifs is 1. The molecule has 4 heterocycles. The molecular weight excluding hydrogens is 458 g/mol. The molecule has 0 unspecified atom stereocenters. The highest BCUT2D eigenvalue weighted by molar-refractivity contribution is 7.93. The van der Waals surface area contributed by atoms with Crippen LogP contribution in [0.2, 0.25) is 0 Å². The highest BCUT2D eigenvalue weighted by Gasteiger charge is 2.32. The predicted octanol–water partition coefficient (Wildman–Crippen LogP) is 4.05. The van der Waals surface area contributed by atoms with Crippen LogP contribution in [0.4, 0.5) is 10.8 Å². The first kappa shape index (κ1) is 21.7. The third-order valence-corrected chi connectivity index (χ3v) is 8.07. The molecule has 4 aromatic rings. The van der Waals surface area contributed by atoms with Gasteiger partial charge in [0.1, 0.15) is 11.8 Å². The minimum Gasteiger partial charge on any atom is -0.473 e. The highest BCUT2D eigenvalue weighted by Crippen LogP contribution is 2.40. The van der Waals surface area contributed by atoms with Gasteiger partial charge in [0, 0.05) is 35.6 Å². The van der Waals surface area contributed by atoms with Crippen LogP contribution < -0.4 is 14.4 Å². The number of pyridine rings is 2. The van der Waals surface area contributed by atoms with Crippen molar-refractivity contribution in [2.24, 2.45) is 0 Å². The summed E-state index contributed by atoms with van der Waals surface area (Å²) < 4.78 is 35.5. The Morgan fingerprint density at radius 2 is 1.91 bits per heavy atom. The molecule has 0 amide bonds. The number of ether oxygens (including phenoxy) is 1. The van der Waals surface area contributed by atoms with Crippen LogP contribution in [0.15, 0.2) is 65.4 Å². The van der Waals surface area contributed by atoms with E-state index in [4.69, 9.17) is 4.74 Å². The van der Waals surface area contributed by atoms with E-state index in [9.17, 15) is 8.42 Å². The van der Waals surface area contributed by atoms with Crippen molar-refractivity contribution in [3.05, 3.63) is 66.1 Å². The van der Waals surface area contributed by atoms with Crippen molar-refractivity contribution in [3.63, 3.8) is 0 Å². The lowest BCUT2D eigenvalue weighted by atomic mass is 10.1. The van der Waals surface area contributed by atoms with Gasteiger partial charge < -0.3 is 10.1 Å². The number of rotatable bonds is 6. The summed E-state index contributed by atoms with van der Waals surface area (Å²) in [5, 5.41) is 7.04. The van der Waals surface area contributed by atoms with Crippen molar-refractivity contribution in [3.8, 4) is 5.88 Å². The Labute approximate surface area is 196 Å². The lowest BCUT2D eigenvalue weighted by molar-refractivity contribution is 0.157. The van der Waals surface area contributed by atoms with Gasteiger partial charge in [-0.3, -0.25) is 4.98 Å². The lowest BCUT2D eigenvalue weighted by Gasteiger charge is -2.27. The van der Waals surface area contributed by atoms with Crippen LogP contribution in [0.25, 0.3) is 10.8 Å². The number of benzene rings is 1. The maximum Gasteiger partial charge on any atom is 0.270 e. The predicted molar refractivity (Wildman–Crippen MR) is 129 cm³/mol. The molecule has 0 spiro atoms. The van der Waals surface area contributed by atoms with E-state index in [1.54, 1.807) is 60.5 Å². The number of aromatic nitrogens is 3. The van der Waals surface area contributed by atoms with Gasteiger partial charge >= 0.3 is 0 Å². The summed E-state index contributed by atoms with van der Waals surface area (Å²) in [4.78, 5) is 13.1. The van der Waals surface area contributed by atoms with Crippen LogP contribution in [0.3, 0.4) is 0 Å². The summed E-state index contributed by atoms with van der Waals surface area (Å²) in [6.07, 6.45) is 8.26. The largest absolute Gasteiger partial charge is 0.473 e. The second-order valence-electron chi connectivity index (χ2n) is 7.87. The molecule has 1 aliphatic rings. The summed E-state index contributed by atoms with van der Waals surface area (Å²) >= 11 is 1.24. The Balaban J connectivity index is 1.64. The SMILES string of the molecule is Cc1cnc(OC2CCNCC2)c(N(c2nccs2)S(=O)(=O)c2ccc3cnccc3c2)c1. The van der Waals surface area contributed by atoms with Crippen LogP contribution in [-0.2, 0) is 10.0 Å². The monoisotopic (exact) mass is 481 g/mol. The summed E-state index contributed by atoms with van der Waals surface area (Å²) in [5.41, 5.74) is 1.18. The number of nitrogens with one attached hydrogen (secondary N) is 1. The second kappa shape index (κ2) is 9.05. The summed E-state index contributed by atoms with van der Waals surface area (Å²) in [6, 6.07) is 8.59. The fourth-order valence-electron chi connectivity index (χ4n) is 3.83. The first-order valence-electron chi connectivity index (χ1n) is 10.6. The fourth-order valence-corrected chi connectivity index (χ4v) is 6.18. The van der Waals surface area contributed by atoms with Crippen molar-refractivity contribution in [1.82, 2.24) is 20.3 Å². The Kier molecular flexibility index (Phi) is 5.96. The molecular formula is C23H23N5O3S2. The second-order valence-corrected chi connectivity index (χ2v) is 10.5. The van der Waals surface area contributed by atoms with Crippen LogP contribution in [-0.4, -0.2) is 42.6 Å². The van der Waals surface area contributed by atoms with Gasteiger partial charge in [0.2, 0.25) is 11.0 Å². The minimum absolute atomic E-state index is 0.0331. The molecule has 1 fully saturated rings. The van der Waals surface area contributed by atoms with E-state index in [2.05, 4.69) is 20.3 Å².